The Labute approximate surface area is 189 Å². The van der Waals surface area contributed by atoms with Gasteiger partial charge in [0.2, 0.25) is 11.8 Å². The highest BCUT2D eigenvalue weighted by Crippen LogP contribution is 2.32. The average molecular weight is 445 g/mol. The lowest BCUT2D eigenvalue weighted by atomic mass is 10.1. The molecule has 3 N–H and O–H groups in total. The second-order valence-corrected chi connectivity index (χ2v) is 8.23. The molecule has 2 amide bonds. The average Bonchev–Trinajstić information content (AvgIpc) is 3.61. The van der Waals surface area contributed by atoms with Crippen LogP contribution in [0.25, 0.3) is 10.9 Å². The standard InChI is InChI=1S/C24H23N5O4/c1-2-21(30)29-12-17(13-29)33-16-5-3-4-15(10-16)26-19-11-20(28-23(31)14-6-7-14)27-18-8-9-25-24(32)22(18)19/h2-5,8-11,14,17H,1,6-7,12-13H2,(H,25,32)(H2,26,27,28,31). The first kappa shape index (κ1) is 20.7. The van der Waals surface area contributed by atoms with Crippen LogP contribution in [-0.4, -0.2) is 45.9 Å². The van der Waals surface area contributed by atoms with Crippen LogP contribution in [-0.2, 0) is 9.59 Å². The summed E-state index contributed by atoms with van der Waals surface area (Å²) in [6.45, 7) is 4.51. The van der Waals surface area contributed by atoms with Gasteiger partial charge in [-0.25, -0.2) is 4.98 Å². The molecule has 0 atom stereocenters. The SMILES string of the molecule is C=CC(=O)N1CC(Oc2cccc(Nc3cc(NC(=O)C4CC4)nc4cc[nH]c(=O)c34)c2)C1. The lowest BCUT2D eigenvalue weighted by Crippen LogP contribution is -2.55. The van der Waals surface area contributed by atoms with E-state index in [0.29, 0.717) is 46.9 Å². The fraction of sp³-hybridized carbons (Fsp3) is 0.250. The van der Waals surface area contributed by atoms with Gasteiger partial charge in [0.05, 0.1) is 29.7 Å². The highest BCUT2D eigenvalue weighted by atomic mass is 16.5. The Morgan fingerprint density at radius 2 is 2.03 bits per heavy atom. The van der Waals surface area contributed by atoms with Crippen molar-refractivity contribution in [2.45, 2.75) is 18.9 Å². The number of pyridine rings is 2. The van der Waals surface area contributed by atoms with E-state index in [0.717, 1.165) is 12.8 Å². The number of benzene rings is 1. The first-order valence-electron chi connectivity index (χ1n) is 10.8. The maximum absolute atomic E-state index is 12.5. The monoisotopic (exact) mass is 445 g/mol. The smallest absolute Gasteiger partial charge is 0.259 e. The van der Waals surface area contributed by atoms with Gasteiger partial charge in [0.15, 0.2) is 0 Å². The Balaban J connectivity index is 1.37. The van der Waals surface area contributed by atoms with E-state index in [2.05, 4.69) is 27.2 Å². The quantitative estimate of drug-likeness (QED) is 0.482. The first-order chi connectivity index (χ1) is 16.0. The van der Waals surface area contributed by atoms with Crippen LogP contribution in [0.15, 0.2) is 60.0 Å². The van der Waals surface area contributed by atoms with Crippen molar-refractivity contribution < 1.29 is 14.3 Å². The molecule has 1 aliphatic carbocycles. The van der Waals surface area contributed by atoms with Crippen LogP contribution in [0.5, 0.6) is 5.75 Å². The van der Waals surface area contributed by atoms with E-state index in [1.165, 1.54) is 12.3 Å². The molecule has 5 rings (SSSR count). The number of carbonyl (C=O) groups is 2. The number of rotatable bonds is 7. The summed E-state index contributed by atoms with van der Waals surface area (Å²) in [5.74, 6) is 0.907. The zero-order chi connectivity index (χ0) is 22.9. The number of aromatic nitrogens is 2. The summed E-state index contributed by atoms with van der Waals surface area (Å²) in [5.41, 5.74) is 1.43. The molecule has 1 saturated heterocycles. The van der Waals surface area contributed by atoms with Gasteiger partial charge in [0.1, 0.15) is 17.7 Å². The molecule has 0 spiro atoms. The Kier molecular flexibility index (Phi) is 5.29. The Hall–Kier alpha value is -4.14. The van der Waals surface area contributed by atoms with E-state index in [-0.39, 0.29) is 29.4 Å². The predicted molar refractivity (Wildman–Crippen MR) is 125 cm³/mol. The largest absolute Gasteiger partial charge is 0.487 e. The van der Waals surface area contributed by atoms with E-state index < -0.39 is 0 Å². The summed E-state index contributed by atoms with van der Waals surface area (Å²) in [6, 6.07) is 10.7. The first-order valence-corrected chi connectivity index (χ1v) is 10.8. The molecule has 0 bridgehead atoms. The molecule has 3 aromatic rings. The van der Waals surface area contributed by atoms with Crippen molar-refractivity contribution in [1.29, 1.82) is 0 Å². The molecule has 33 heavy (non-hydrogen) atoms. The predicted octanol–water partition coefficient (Wildman–Crippen LogP) is 2.79. The Morgan fingerprint density at radius 1 is 1.21 bits per heavy atom. The number of nitrogens with one attached hydrogen (secondary N) is 3. The third-order valence-corrected chi connectivity index (χ3v) is 5.68. The fourth-order valence-electron chi connectivity index (χ4n) is 3.75. The van der Waals surface area contributed by atoms with E-state index in [9.17, 15) is 14.4 Å². The minimum atomic E-state index is -0.281. The number of fused-ring (bicyclic) bond motifs is 1. The number of likely N-dealkylation sites (tertiary alicyclic amines) is 1. The number of hydrogen-bond donors (Lipinski definition) is 3. The second-order valence-electron chi connectivity index (χ2n) is 8.23. The molecule has 0 unspecified atom stereocenters. The van der Waals surface area contributed by atoms with E-state index >= 15 is 0 Å². The van der Waals surface area contributed by atoms with Crippen molar-refractivity contribution >= 4 is 39.9 Å². The maximum atomic E-state index is 12.5. The molecule has 2 aromatic heterocycles. The normalized spacial score (nSPS) is 15.6. The molecule has 1 aliphatic heterocycles. The van der Waals surface area contributed by atoms with Crippen molar-refractivity contribution in [2.24, 2.45) is 5.92 Å². The third kappa shape index (κ3) is 4.43. The number of H-pyrrole nitrogens is 1. The summed E-state index contributed by atoms with van der Waals surface area (Å²) in [7, 11) is 0. The van der Waals surface area contributed by atoms with Crippen LogP contribution in [0.2, 0.25) is 0 Å². The Bertz CT molecular complexity index is 1310. The minimum absolute atomic E-state index is 0.0381. The van der Waals surface area contributed by atoms with Gasteiger partial charge < -0.3 is 25.3 Å². The molecule has 2 aliphatic rings. The van der Waals surface area contributed by atoms with Crippen molar-refractivity contribution in [1.82, 2.24) is 14.9 Å². The van der Waals surface area contributed by atoms with Crippen LogP contribution in [0, 0.1) is 5.92 Å². The summed E-state index contributed by atoms with van der Waals surface area (Å²) < 4.78 is 5.97. The Morgan fingerprint density at radius 3 is 2.79 bits per heavy atom. The van der Waals surface area contributed by atoms with Crippen LogP contribution >= 0.6 is 0 Å². The second kappa shape index (κ2) is 8.42. The molecule has 9 heteroatoms. The van der Waals surface area contributed by atoms with Gasteiger partial charge in [-0.15, -0.1) is 0 Å². The topological polar surface area (TPSA) is 116 Å². The van der Waals surface area contributed by atoms with Crippen molar-refractivity contribution in [2.75, 3.05) is 23.7 Å². The molecule has 2 fully saturated rings. The van der Waals surface area contributed by atoms with Crippen LogP contribution in [0.3, 0.4) is 0 Å². The maximum Gasteiger partial charge on any atom is 0.259 e. The molecule has 168 valence electrons. The van der Waals surface area contributed by atoms with Crippen LogP contribution in [0.4, 0.5) is 17.2 Å². The number of ether oxygens (including phenoxy) is 1. The van der Waals surface area contributed by atoms with Crippen LogP contribution < -0.4 is 20.9 Å². The number of nitrogens with zero attached hydrogens (tertiary/aromatic N) is 2. The van der Waals surface area contributed by atoms with Gasteiger partial charge in [-0.2, -0.15) is 0 Å². The zero-order valence-electron chi connectivity index (χ0n) is 17.8. The number of aromatic amines is 1. The molecule has 1 aromatic carbocycles. The van der Waals surface area contributed by atoms with Gasteiger partial charge >= 0.3 is 0 Å². The van der Waals surface area contributed by atoms with Crippen molar-refractivity contribution in [3.05, 3.63) is 65.6 Å². The summed E-state index contributed by atoms with van der Waals surface area (Å²) >= 11 is 0. The molecular formula is C24H23N5O4. The van der Waals surface area contributed by atoms with E-state index in [1.807, 2.05) is 24.3 Å². The lowest BCUT2D eigenvalue weighted by Gasteiger charge is -2.38. The highest BCUT2D eigenvalue weighted by molar-refractivity contribution is 5.98. The fourth-order valence-corrected chi connectivity index (χ4v) is 3.75. The van der Waals surface area contributed by atoms with Gasteiger partial charge in [0.25, 0.3) is 5.56 Å². The summed E-state index contributed by atoms with van der Waals surface area (Å²) in [6.07, 6.45) is 4.51. The zero-order valence-corrected chi connectivity index (χ0v) is 17.8. The molecule has 0 radical (unpaired) electrons. The van der Waals surface area contributed by atoms with Gasteiger partial charge in [-0.1, -0.05) is 12.6 Å². The van der Waals surface area contributed by atoms with Crippen molar-refractivity contribution in [3.8, 4) is 5.75 Å². The van der Waals surface area contributed by atoms with Gasteiger partial charge in [0, 0.05) is 29.9 Å². The van der Waals surface area contributed by atoms with Gasteiger partial charge in [-0.05, 0) is 37.1 Å². The number of amides is 2. The number of hydrogen-bond acceptors (Lipinski definition) is 6. The summed E-state index contributed by atoms with van der Waals surface area (Å²) in [5, 5.41) is 6.50. The van der Waals surface area contributed by atoms with E-state index in [4.69, 9.17) is 4.74 Å². The number of carbonyl (C=O) groups excluding carboxylic acids is 2. The molecule has 3 heterocycles. The number of anilines is 3. The summed E-state index contributed by atoms with van der Waals surface area (Å²) in [4.78, 5) is 45.1. The molecule has 9 nitrogen and oxygen atoms in total. The molecular weight excluding hydrogens is 422 g/mol. The highest BCUT2D eigenvalue weighted by Gasteiger charge is 2.31. The third-order valence-electron chi connectivity index (χ3n) is 5.68. The lowest BCUT2D eigenvalue weighted by molar-refractivity contribution is -0.134. The molecule has 1 saturated carbocycles. The van der Waals surface area contributed by atoms with E-state index in [1.54, 1.807) is 17.0 Å². The minimum Gasteiger partial charge on any atom is -0.487 e. The van der Waals surface area contributed by atoms with Gasteiger partial charge in [-0.3, -0.25) is 14.4 Å². The van der Waals surface area contributed by atoms with Crippen LogP contribution in [0.1, 0.15) is 12.8 Å². The van der Waals surface area contributed by atoms with Crippen molar-refractivity contribution in [3.63, 3.8) is 0 Å².